The van der Waals surface area contributed by atoms with Crippen LogP contribution in [0.4, 0.5) is 0 Å². The summed E-state index contributed by atoms with van der Waals surface area (Å²) in [6.45, 7) is 6.80. The number of nitrogens with zero attached hydrogens (tertiary/aromatic N) is 2. The van der Waals surface area contributed by atoms with Crippen LogP contribution in [0, 0.1) is 5.92 Å². The van der Waals surface area contributed by atoms with Crippen LogP contribution < -0.4 is 0 Å². The van der Waals surface area contributed by atoms with E-state index in [0.717, 1.165) is 25.9 Å². The molecule has 0 amide bonds. The average Bonchev–Trinajstić information content (AvgIpc) is 2.96. The zero-order chi connectivity index (χ0) is 18.3. The first-order valence-electron chi connectivity index (χ1n) is 9.55. The molecule has 1 aromatic heterocycles. The lowest BCUT2D eigenvalue weighted by atomic mass is 9.93. The smallest absolute Gasteiger partial charge is 0.307 e. The van der Waals surface area contributed by atoms with E-state index in [0.29, 0.717) is 12.6 Å². The van der Waals surface area contributed by atoms with Gasteiger partial charge in [-0.05, 0) is 50.5 Å². The number of aryl methyl sites for hydroxylation is 1. The van der Waals surface area contributed by atoms with Gasteiger partial charge in [0.25, 0.3) is 0 Å². The van der Waals surface area contributed by atoms with Gasteiger partial charge in [0.2, 0.25) is 0 Å². The normalized spacial score (nSPS) is 21.5. The molecule has 2 aromatic carbocycles. The van der Waals surface area contributed by atoms with Crippen molar-refractivity contribution in [3.05, 3.63) is 48.0 Å². The number of hydrogen-bond acceptors (Lipinski definition) is 2. The number of hydrogen-bond donors (Lipinski definition) is 1. The van der Waals surface area contributed by atoms with Crippen LogP contribution >= 0.6 is 0 Å². The van der Waals surface area contributed by atoms with Gasteiger partial charge >= 0.3 is 5.97 Å². The van der Waals surface area contributed by atoms with Crippen LogP contribution in [0.3, 0.4) is 0 Å². The fourth-order valence-electron chi connectivity index (χ4n) is 4.38. The first-order valence-corrected chi connectivity index (χ1v) is 9.55. The van der Waals surface area contributed by atoms with E-state index in [4.69, 9.17) is 0 Å². The molecule has 3 aromatic rings. The van der Waals surface area contributed by atoms with E-state index in [2.05, 4.69) is 65.8 Å². The molecule has 0 radical (unpaired) electrons. The first-order chi connectivity index (χ1) is 12.6. The minimum absolute atomic E-state index is 0.239. The number of piperidine rings is 1. The monoisotopic (exact) mass is 350 g/mol. The maximum Gasteiger partial charge on any atom is 0.307 e. The van der Waals surface area contributed by atoms with Crippen LogP contribution in [-0.2, 0) is 17.9 Å². The molecule has 136 valence electrons. The molecule has 4 nitrogen and oxygen atoms in total. The molecule has 0 spiro atoms. The number of benzene rings is 2. The van der Waals surface area contributed by atoms with E-state index in [9.17, 15) is 9.90 Å². The first kappa shape index (κ1) is 17.1. The van der Waals surface area contributed by atoms with E-state index in [1.54, 1.807) is 0 Å². The molecule has 1 saturated heterocycles. The Balaban J connectivity index is 1.69. The largest absolute Gasteiger partial charge is 0.481 e. The van der Waals surface area contributed by atoms with Crippen LogP contribution in [0.5, 0.6) is 0 Å². The number of carboxylic acids is 1. The van der Waals surface area contributed by atoms with Gasteiger partial charge in [-0.25, -0.2) is 0 Å². The molecule has 1 aliphatic heterocycles. The molecule has 1 aliphatic rings. The molecule has 4 heteroatoms. The summed E-state index contributed by atoms with van der Waals surface area (Å²) in [4.78, 5) is 13.7. The molecule has 0 saturated carbocycles. The highest BCUT2D eigenvalue weighted by Crippen LogP contribution is 2.31. The van der Waals surface area contributed by atoms with Crippen LogP contribution in [-0.4, -0.2) is 33.1 Å². The SMILES string of the molecule is CCn1c2ccccc2c2cc(CN3CC(C(=O)O)CCC3C)ccc21. The maximum atomic E-state index is 11.4. The Labute approximate surface area is 154 Å². The minimum Gasteiger partial charge on any atom is -0.481 e. The summed E-state index contributed by atoms with van der Waals surface area (Å²) in [7, 11) is 0. The maximum absolute atomic E-state index is 11.4. The lowest BCUT2D eigenvalue weighted by Crippen LogP contribution is -2.43. The van der Waals surface area contributed by atoms with Crippen LogP contribution in [0.2, 0.25) is 0 Å². The van der Waals surface area contributed by atoms with Crippen molar-refractivity contribution in [1.82, 2.24) is 9.47 Å². The topological polar surface area (TPSA) is 45.5 Å². The molecule has 2 atom stereocenters. The third-order valence-electron chi connectivity index (χ3n) is 5.90. The second kappa shape index (κ2) is 6.76. The van der Waals surface area contributed by atoms with Gasteiger partial charge in [0.15, 0.2) is 0 Å². The highest BCUT2D eigenvalue weighted by molar-refractivity contribution is 6.08. The quantitative estimate of drug-likeness (QED) is 0.753. The summed E-state index contributed by atoms with van der Waals surface area (Å²) in [5.41, 5.74) is 3.81. The van der Waals surface area contributed by atoms with Crippen molar-refractivity contribution in [2.24, 2.45) is 5.92 Å². The van der Waals surface area contributed by atoms with E-state index in [1.165, 1.54) is 27.4 Å². The van der Waals surface area contributed by atoms with Crippen molar-refractivity contribution < 1.29 is 9.90 Å². The van der Waals surface area contributed by atoms with Gasteiger partial charge in [0.1, 0.15) is 0 Å². The van der Waals surface area contributed by atoms with Crippen molar-refractivity contribution in [3.63, 3.8) is 0 Å². The van der Waals surface area contributed by atoms with Gasteiger partial charge in [-0.2, -0.15) is 0 Å². The zero-order valence-corrected chi connectivity index (χ0v) is 15.5. The van der Waals surface area contributed by atoms with Crippen molar-refractivity contribution in [2.45, 2.75) is 45.8 Å². The Hall–Kier alpha value is -2.33. The molecule has 4 rings (SSSR count). The zero-order valence-electron chi connectivity index (χ0n) is 15.5. The third-order valence-corrected chi connectivity index (χ3v) is 5.90. The third kappa shape index (κ3) is 2.88. The van der Waals surface area contributed by atoms with Crippen LogP contribution in [0.25, 0.3) is 21.8 Å². The fourth-order valence-corrected chi connectivity index (χ4v) is 4.38. The Bertz CT molecular complexity index is 959. The Kier molecular flexibility index (Phi) is 4.45. The highest BCUT2D eigenvalue weighted by Gasteiger charge is 2.29. The molecular weight excluding hydrogens is 324 g/mol. The van der Waals surface area contributed by atoms with Crippen LogP contribution in [0.15, 0.2) is 42.5 Å². The molecule has 0 aliphatic carbocycles. The summed E-state index contributed by atoms with van der Waals surface area (Å²) in [6.07, 6.45) is 1.74. The number of para-hydroxylation sites is 1. The second-order valence-electron chi connectivity index (χ2n) is 7.50. The van der Waals surface area contributed by atoms with Gasteiger partial charge in [-0.3, -0.25) is 9.69 Å². The standard InChI is InChI=1S/C22H26N2O2/c1-3-24-20-7-5-4-6-18(20)19-12-16(9-11-21(19)24)13-23-14-17(22(25)26)10-8-15(23)2/h4-7,9,11-12,15,17H,3,8,10,13-14H2,1-2H3,(H,25,26). The van der Waals surface area contributed by atoms with Crippen molar-refractivity contribution in [3.8, 4) is 0 Å². The number of carbonyl (C=O) groups is 1. The van der Waals surface area contributed by atoms with Gasteiger partial charge in [0.05, 0.1) is 5.92 Å². The number of rotatable bonds is 4. The summed E-state index contributed by atoms with van der Waals surface area (Å²) >= 11 is 0. The highest BCUT2D eigenvalue weighted by atomic mass is 16.4. The van der Waals surface area contributed by atoms with Crippen molar-refractivity contribution in [2.75, 3.05) is 6.54 Å². The number of aliphatic carboxylic acids is 1. The van der Waals surface area contributed by atoms with E-state index in [1.807, 2.05) is 0 Å². The number of aromatic nitrogens is 1. The molecule has 2 unspecified atom stereocenters. The molecule has 1 fully saturated rings. The van der Waals surface area contributed by atoms with Gasteiger partial charge < -0.3 is 9.67 Å². The van der Waals surface area contributed by atoms with Gasteiger partial charge in [0, 0.05) is 47.5 Å². The fraction of sp³-hybridized carbons (Fsp3) is 0.409. The van der Waals surface area contributed by atoms with Crippen molar-refractivity contribution >= 4 is 27.8 Å². The number of fused-ring (bicyclic) bond motifs is 3. The predicted octanol–water partition coefficient (Wildman–Crippen LogP) is 4.50. The number of carboxylic acid groups (broad SMARTS) is 1. The molecule has 26 heavy (non-hydrogen) atoms. The van der Waals surface area contributed by atoms with Crippen molar-refractivity contribution in [1.29, 1.82) is 0 Å². The molecular formula is C22H26N2O2. The predicted molar refractivity (Wildman–Crippen MR) is 105 cm³/mol. The Morgan fingerprint density at radius 3 is 2.65 bits per heavy atom. The second-order valence-corrected chi connectivity index (χ2v) is 7.50. The van der Waals surface area contributed by atoms with E-state index < -0.39 is 5.97 Å². The molecule has 0 bridgehead atoms. The molecule has 1 N–H and O–H groups in total. The van der Waals surface area contributed by atoms with Gasteiger partial charge in [-0.15, -0.1) is 0 Å². The summed E-state index contributed by atoms with van der Waals surface area (Å²) < 4.78 is 2.36. The van der Waals surface area contributed by atoms with E-state index >= 15 is 0 Å². The van der Waals surface area contributed by atoms with Gasteiger partial charge in [-0.1, -0.05) is 24.3 Å². The molecule has 2 heterocycles. The summed E-state index contributed by atoms with van der Waals surface area (Å²) in [5, 5.41) is 12.0. The number of likely N-dealkylation sites (tertiary alicyclic amines) is 1. The summed E-state index contributed by atoms with van der Waals surface area (Å²) in [6, 6.07) is 15.7. The minimum atomic E-state index is -0.664. The lowest BCUT2D eigenvalue weighted by molar-refractivity contribution is -0.144. The Morgan fingerprint density at radius 1 is 1.12 bits per heavy atom. The lowest BCUT2D eigenvalue weighted by Gasteiger charge is -2.36. The summed E-state index contributed by atoms with van der Waals surface area (Å²) in [5.74, 6) is -0.902. The van der Waals surface area contributed by atoms with Crippen LogP contribution in [0.1, 0.15) is 32.3 Å². The average molecular weight is 350 g/mol. The van der Waals surface area contributed by atoms with E-state index in [-0.39, 0.29) is 5.92 Å². The Morgan fingerprint density at radius 2 is 1.88 bits per heavy atom.